The quantitative estimate of drug-likeness (QED) is 0.756. The van der Waals surface area contributed by atoms with E-state index < -0.39 is 12.0 Å². The number of hydrogen-bond donors (Lipinski definition) is 1. The van der Waals surface area contributed by atoms with Crippen LogP contribution in [-0.4, -0.2) is 64.7 Å². The first-order valence-corrected chi connectivity index (χ1v) is 7.16. The first kappa shape index (κ1) is 16.8. The van der Waals surface area contributed by atoms with Crippen molar-refractivity contribution in [2.75, 3.05) is 26.0 Å². The highest BCUT2D eigenvalue weighted by molar-refractivity contribution is 6.27. The average Bonchev–Trinajstić information content (AvgIpc) is 2.85. The van der Waals surface area contributed by atoms with Crippen molar-refractivity contribution in [2.45, 2.75) is 26.3 Å². The summed E-state index contributed by atoms with van der Waals surface area (Å²) in [6.45, 7) is 4.34. The smallest absolute Gasteiger partial charge is 0.326 e. The molecule has 2 atom stereocenters. The summed E-state index contributed by atoms with van der Waals surface area (Å²) in [7, 11) is 1.51. The van der Waals surface area contributed by atoms with Gasteiger partial charge >= 0.3 is 5.97 Å². The Kier molecular flexibility index (Phi) is 5.80. The highest BCUT2D eigenvalue weighted by atomic mass is 35.5. The number of carboxylic acids is 1. The predicted molar refractivity (Wildman–Crippen MR) is 74.4 cm³/mol. The summed E-state index contributed by atoms with van der Waals surface area (Å²) in [5.41, 5.74) is 0. The lowest BCUT2D eigenvalue weighted by molar-refractivity contribution is -0.152. The van der Waals surface area contributed by atoms with Crippen LogP contribution in [0.5, 0.6) is 0 Å². The molecule has 0 aliphatic carbocycles. The SMILES string of the molecule is CC(C)C(C(=O)O)N(C)C(=O)[C@@H]1CCN(C(=O)CCl)C1. The van der Waals surface area contributed by atoms with Crippen LogP contribution in [0.2, 0.25) is 0 Å². The molecule has 0 aromatic carbocycles. The highest BCUT2D eigenvalue weighted by Crippen LogP contribution is 2.21. The van der Waals surface area contributed by atoms with Gasteiger partial charge in [-0.05, 0) is 12.3 Å². The molecule has 1 fully saturated rings. The molecule has 0 radical (unpaired) electrons. The molecule has 1 aliphatic heterocycles. The van der Waals surface area contributed by atoms with Crippen LogP contribution in [0.25, 0.3) is 0 Å². The van der Waals surface area contributed by atoms with Gasteiger partial charge in [0.2, 0.25) is 11.8 Å². The third kappa shape index (κ3) is 3.62. The van der Waals surface area contributed by atoms with Gasteiger partial charge in [-0.3, -0.25) is 9.59 Å². The molecule has 1 aliphatic rings. The van der Waals surface area contributed by atoms with E-state index in [2.05, 4.69) is 0 Å². The molecule has 0 spiro atoms. The standard InChI is InChI=1S/C13H21ClN2O4/c1-8(2)11(13(19)20)15(3)12(18)9-4-5-16(7-9)10(17)6-14/h8-9,11H,4-7H2,1-3H3,(H,19,20)/t9-,11?/m1/s1. The lowest BCUT2D eigenvalue weighted by atomic mass is 10.0. The number of alkyl halides is 1. The topological polar surface area (TPSA) is 77.9 Å². The van der Waals surface area contributed by atoms with Crippen molar-refractivity contribution < 1.29 is 19.5 Å². The number of carbonyl (C=O) groups is 3. The minimum Gasteiger partial charge on any atom is -0.480 e. The zero-order valence-corrected chi connectivity index (χ0v) is 12.8. The zero-order chi connectivity index (χ0) is 15.4. The fourth-order valence-electron chi connectivity index (χ4n) is 2.60. The van der Waals surface area contributed by atoms with Crippen LogP contribution in [0.15, 0.2) is 0 Å². The second kappa shape index (κ2) is 6.92. The molecule has 114 valence electrons. The van der Waals surface area contributed by atoms with Crippen molar-refractivity contribution in [1.29, 1.82) is 0 Å². The average molecular weight is 305 g/mol. The first-order chi connectivity index (χ1) is 9.29. The molecule has 1 rings (SSSR count). The molecule has 2 amide bonds. The molecule has 1 unspecified atom stereocenters. The molecule has 1 saturated heterocycles. The van der Waals surface area contributed by atoms with Gasteiger partial charge < -0.3 is 14.9 Å². The van der Waals surface area contributed by atoms with Crippen LogP contribution in [-0.2, 0) is 14.4 Å². The fraction of sp³-hybridized carbons (Fsp3) is 0.769. The molecular weight excluding hydrogens is 284 g/mol. The molecule has 0 aromatic heterocycles. The van der Waals surface area contributed by atoms with E-state index in [1.54, 1.807) is 18.7 Å². The van der Waals surface area contributed by atoms with Crippen molar-refractivity contribution in [2.24, 2.45) is 11.8 Å². The fourth-order valence-corrected chi connectivity index (χ4v) is 2.77. The number of rotatable bonds is 5. The van der Waals surface area contributed by atoms with Gasteiger partial charge in [-0.1, -0.05) is 13.8 Å². The van der Waals surface area contributed by atoms with Gasteiger partial charge in [0.25, 0.3) is 0 Å². The molecular formula is C13H21ClN2O4. The predicted octanol–water partition coefficient (Wildman–Crippen LogP) is 0.641. The number of likely N-dealkylation sites (tertiary alicyclic amines) is 1. The number of aliphatic carboxylic acids is 1. The van der Waals surface area contributed by atoms with Crippen LogP contribution >= 0.6 is 11.6 Å². The highest BCUT2D eigenvalue weighted by Gasteiger charge is 2.37. The molecule has 20 heavy (non-hydrogen) atoms. The van der Waals surface area contributed by atoms with Gasteiger partial charge in [0, 0.05) is 20.1 Å². The molecule has 0 aromatic rings. The Labute approximate surface area is 123 Å². The van der Waals surface area contributed by atoms with E-state index in [0.29, 0.717) is 19.5 Å². The Morgan fingerprint density at radius 2 is 2.00 bits per heavy atom. The minimum atomic E-state index is -1.01. The Hall–Kier alpha value is -1.30. The minimum absolute atomic E-state index is 0.0967. The Bertz CT molecular complexity index is 400. The number of halogens is 1. The zero-order valence-electron chi connectivity index (χ0n) is 12.0. The molecule has 0 bridgehead atoms. The van der Waals surface area contributed by atoms with Crippen molar-refractivity contribution >= 4 is 29.4 Å². The van der Waals surface area contributed by atoms with E-state index in [0.717, 1.165) is 0 Å². The Balaban J connectivity index is 2.71. The molecule has 1 heterocycles. The van der Waals surface area contributed by atoms with E-state index in [1.165, 1.54) is 11.9 Å². The second-order valence-electron chi connectivity index (χ2n) is 5.44. The Morgan fingerprint density at radius 3 is 2.45 bits per heavy atom. The van der Waals surface area contributed by atoms with Gasteiger partial charge in [-0.2, -0.15) is 0 Å². The van der Waals surface area contributed by atoms with E-state index in [-0.39, 0.29) is 29.5 Å². The van der Waals surface area contributed by atoms with Crippen LogP contribution in [0.4, 0.5) is 0 Å². The lowest BCUT2D eigenvalue weighted by Gasteiger charge is -2.29. The number of carbonyl (C=O) groups excluding carboxylic acids is 2. The summed E-state index contributed by atoms with van der Waals surface area (Å²) in [6.07, 6.45) is 0.552. The van der Waals surface area contributed by atoms with Gasteiger partial charge in [0.1, 0.15) is 11.9 Å². The van der Waals surface area contributed by atoms with Gasteiger partial charge in [0.15, 0.2) is 0 Å². The summed E-state index contributed by atoms with van der Waals surface area (Å²) in [5.74, 6) is -2.04. The van der Waals surface area contributed by atoms with Crippen LogP contribution in [0.3, 0.4) is 0 Å². The summed E-state index contributed by atoms with van der Waals surface area (Å²) in [6, 6.07) is -0.847. The van der Waals surface area contributed by atoms with Crippen molar-refractivity contribution in [3.63, 3.8) is 0 Å². The maximum absolute atomic E-state index is 12.3. The second-order valence-corrected chi connectivity index (χ2v) is 5.70. The third-order valence-electron chi connectivity index (χ3n) is 3.65. The van der Waals surface area contributed by atoms with Crippen molar-refractivity contribution in [3.05, 3.63) is 0 Å². The number of amides is 2. The van der Waals surface area contributed by atoms with E-state index in [4.69, 9.17) is 11.6 Å². The number of carboxylic acid groups (broad SMARTS) is 1. The van der Waals surface area contributed by atoms with E-state index in [1.807, 2.05) is 0 Å². The van der Waals surface area contributed by atoms with Crippen LogP contribution in [0.1, 0.15) is 20.3 Å². The van der Waals surface area contributed by atoms with Gasteiger partial charge in [0.05, 0.1) is 5.92 Å². The number of hydrogen-bond acceptors (Lipinski definition) is 3. The van der Waals surface area contributed by atoms with Crippen molar-refractivity contribution in [3.8, 4) is 0 Å². The summed E-state index contributed by atoms with van der Waals surface area (Å²) < 4.78 is 0. The molecule has 7 heteroatoms. The maximum atomic E-state index is 12.3. The van der Waals surface area contributed by atoms with Gasteiger partial charge in [-0.15, -0.1) is 11.6 Å². The maximum Gasteiger partial charge on any atom is 0.326 e. The van der Waals surface area contributed by atoms with Crippen LogP contribution in [0, 0.1) is 11.8 Å². The van der Waals surface area contributed by atoms with E-state index >= 15 is 0 Å². The molecule has 0 saturated carbocycles. The first-order valence-electron chi connectivity index (χ1n) is 6.62. The number of likely N-dealkylation sites (N-methyl/N-ethyl adjacent to an activating group) is 1. The van der Waals surface area contributed by atoms with Crippen LogP contribution < -0.4 is 0 Å². The largest absolute Gasteiger partial charge is 0.480 e. The summed E-state index contributed by atoms with van der Waals surface area (Å²) in [5, 5.41) is 9.21. The van der Waals surface area contributed by atoms with Gasteiger partial charge in [-0.25, -0.2) is 4.79 Å². The van der Waals surface area contributed by atoms with E-state index in [9.17, 15) is 19.5 Å². The van der Waals surface area contributed by atoms with Crippen molar-refractivity contribution in [1.82, 2.24) is 9.80 Å². The third-order valence-corrected chi connectivity index (χ3v) is 3.88. The number of nitrogens with zero attached hydrogens (tertiary/aromatic N) is 2. The molecule has 6 nitrogen and oxygen atoms in total. The summed E-state index contributed by atoms with van der Waals surface area (Å²) >= 11 is 5.49. The Morgan fingerprint density at radius 1 is 1.40 bits per heavy atom. The summed E-state index contributed by atoms with van der Waals surface area (Å²) in [4.78, 5) is 37.9. The lowest BCUT2D eigenvalue weighted by Crippen LogP contribution is -2.48. The monoisotopic (exact) mass is 304 g/mol. The molecule has 1 N–H and O–H groups in total. The normalized spacial score (nSPS) is 20.1.